The predicted octanol–water partition coefficient (Wildman–Crippen LogP) is 4.98. The van der Waals surface area contributed by atoms with E-state index in [4.69, 9.17) is 9.72 Å². The minimum absolute atomic E-state index is 0.693. The zero-order valence-electron chi connectivity index (χ0n) is 14.9. The second kappa shape index (κ2) is 6.50. The summed E-state index contributed by atoms with van der Waals surface area (Å²) in [5.41, 5.74) is 6.10. The Morgan fingerprint density at radius 1 is 0.923 bits per heavy atom. The van der Waals surface area contributed by atoms with Crippen LogP contribution in [0, 0.1) is 13.8 Å². The average Bonchev–Trinajstić information content (AvgIpc) is 3.02. The molecular weight excluding hydrogens is 342 g/mol. The molecule has 5 heteroatoms. The van der Waals surface area contributed by atoms with Gasteiger partial charge in [-0.2, -0.15) is 0 Å². The lowest BCUT2D eigenvalue weighted by molar-refractivity contribution is 0.415. The van der Waals surface area contributed by atoms with Gasteiger partial charge in [0.25, 0.3) is 0 Å². The fourth-order valence-electron chi connectivity index (χ4n) is 3.05. The van der Waals surface area contributed by atoms with Crippen molar-refractivity contribution < 1.29 is 4.74 Å². The first-order valence-corrected chi connectivity index (χ1v) is 8.81. The van der Waals surface area contributed by atoms with Crippen molar-refractivity contribution in [1.29, 1.82) is 0 Å². The third-order valence-electron chi connectivity index (χ3n) is 4.47. The topological polar surface area (TPSA) is 39.4 Å². The van der Waals surface area contributed by atoms with Crippen LogP contribution < -0.4 is 4.74 Å². The number of hydrogen-bond donors (Lipinski definition) is 1. The summed E-state index contributed by atoms with van der Waals surface area (Å²) in [5, 5.41) is 0. The second-order valence-corrected chi connectivity index (χ2v) is 6.76. The Labute approximate surface area is 157 Å². The summed E-state index contributed by atoms with van der Waals surface area (Å²) in [5.74, 6) is 1.52. The van der Waals surface area contributed by atoms with Crippen LogP contribution >= 0.6 is 12.6 Å². The summed E-state index contributed by atoms with van der Waals surface area (Å²) in [7, 11) is 1.67. The minimum Gasteiger partial charge on any atom is -0.497 e. The van der Waals surface area contributed by atoms with Crippen molar-refractivity contribution in [3.63, 3.8) is 0 Å². The molecule has 0 aliphatic heterocycles. The molecule has 4 rings (SSSR count). The standard InChI is InChI=1S/C21H19N3OS/c1-13-12-16(6-9-18(13)26)20-19(15-4-7-17(25-3)8-5-15)23-21-22-14(2)10-11-24(20)21/h4-12,26H,1-3H3. The van der Waals surface area contributed by atoms with Gasteiger partial charge in [-0.1, -0.05) is 6.07 Å². The Kier molecular flexibility index (Phi) is 4.17. The molecule has 0 bridgehead atoms. The molecule has 0 atom stereocenters. The Morgan fingerprint density at radius 3 is 2.35 bits per heavy atom. The van der Waals surface area contributed by atoms with E-state index in [1.807, 2.05) is 53.9 Å². The number of thiol groups is 1. The number of imidazole rings is 1. The molecule has 2 aromatic heterocycles. The number of benzene rings is 2. The van der Waals surface area contributed by atoms with Gasteiger partial charge in [0.15, 0.2) is 0 Å². The highest BCUT2D eigenvalue weighted by Crippen LogP contribution is 2.34. The van der Waals surface area contributed by atoms with Crippen molar-refractivity contribution in [2.24, 2.45) is 0 Å². The Bertz CT molecular complexity index is 1100. The number of ether oxygens (including phenoxy) is 1. The van der Waals surface area contributed by atoms with Crippen LogP contribution in [0.5, 0.6) is 5.75 Å². The van der Waals surface area contributed by atoms with Crippen LogP contribution in [0.2, 0.25) is 0 Å². The van der Waals surface area contributed by atoms with Gasteiger partial charge < -0.3 is 4.74 Å². The first kappa shape index (κ1) is 16.7. The number of nitrogens with zero attached hydrogens (tertiary/aromatic N) is 3. The molecule has 4 aromatic rings. The van der Waals surface area contributed by atoms with E-state index in [2.05, 4.69) is 36.7 Å². The molecule has 0 aliphatic carbocycles. The van der Waals surface area contributed by atoms with Gasteiger partial charge in [-0.25, -0.2) is 9.97 Å². The van der Waals surface area contributed by atoms with Crippen LogP contribution in [-0.4, -0.2) is 21.5 Å². The summed E-state index contributed by atoms with van der Waals surface area (Å²) in [6, 6.07) is 16.2. The molecular formula is C21H19N3OS. The summed E-state index contributed by atoms with van der Waals surface area (Å²) in [6.07, 6.45) is 2.02. The highest BCUT2D eigenvalue weighted by molar-refractivity contribution is 7.80. The van der Waals surface area contributed by atoms with Crippen LogP contribution in [0.4, 0.5) is 0 Å². The van der Waals surface area contributed by atoms with E-state index in [1.54, 1.807) is 7.11 Å². The molecule has 0 spiro atoms. The van der Waals surface area contributed by atoms with Crippen molar-refractivity contribution in [1.82, 2.24) is 14.4 Å². The van der Waals surface area contributed by atoms with E-state index in [9.17, 15) is 0 Å². The van der Waals surface area contributed by atoms with E-state index in [-0.39, 0.29) is 0 Å². The van der Waals surface area contributed by atoms with Crippen molar-refractivity contribution in [2.75, 3.05) is 7.11 Å². The molecule has 2 aromatic carbocycles. The lowest BCUT2D eigenvalue weighted by Crippen LogP contribution is -1.93. The number of fused-ring (bicyclic) bond motifs is 1. The van der Waals surface area contributed by atoms with Crippen molar-refractivity contribution in [3.05, 3.63) is 66.0 Å². The van der Waals surface area contributed by atoms with Crippen molar-refractivity contribution in [3.8, 4) is 28.3 Å². The van der Waals surface area contributed by atoms with Crippen LogP contribution in [0.1, 0.15) is 11.3 Å². The van der Waals surface area contributed by atoms with Gasteiger partial charge in [-0.3, -0.25) is 4.40 Å². The quantitative estimate of drug-likeness (QED) is 0.523. The van der Waals surface area contributed by atoms with Gasteiger partial charge in [0, 0.05) is 27.9 Å². The molecule has 0 aliphatic rings. The third kappa shape index (κ3) is 2.84. The van der Waals surface area contributed by atoms with E-state index < -0.39 is 0 Å². The highest BCUT2D eigenvalue weighted by Gasteiger charge is 2.17. The lowest BCUT2D eigenvalue weighted by atomic mass is 10.0. The predicted molar refractivity (Wildman–Crippen MR) is 107 cm³/mol. The van der Waals surface area contributed by atoms with E-state index in [0.29, 0.717) is 5.78 Å². The number of aryl methyl sites for hydroxylation is 2. The molecule has 130 valence electrons. The fraction of sp³-hybridized carbons (Fsp3) is 0.143. The molecule has 4 nitrogen and oxygen atoms in total. The van der Waals surface area contributed by atoms with Gasteiger partial charge in [-0.05, 0) is 61.9 Å². The number of hydrogen-bond acceptors (Lipinski definition) is 4. The van der Waals surface area contributed by atoms with Crippen LogP contribution in [0.15, 0.2) is 59.6 Å². The van der Waals surface area contributed by atoms with Gasteiger partial charge in [-0.15, -0.1) is 12.6 Å². The molecule has 0 unspecified atom stereocenters. The maximum atomic E-state index is 5.28. The number of methoxy groups -OCH3 is 1. The zero-order valence-corrected chi connectivity index (χ0v) is 15.8. The summed E-state index contributed by atoms with van der Waals surface area (Å²) < 4.78 is 7.32. The van der Waals surface area contributed by atoms with Gasteiger partial charge in [0.1, 0.15) is 5.75 Å². The van der Waals surface area contributed by atoms with E-state index >= 15 is 0 Å². The number of rotatable bonds is 3. The van der Waals surface area contributed by atoms with Crippen LogP contribution in [-0.2, 0) is 0 Å². The summed E-state index contributed by atoms with van der Waals surface area (Å²) in [4.78, 5) is 10.4. The average molecular weight is 361 g/mol. The molecule has 0 N–H and O–H groups in total. The number of aromatic nitrogens is 3. The van der Waals surface area contributed by atoms with Gasteiger partial charge >= 0.3 is 0 Å². The molecule has 0 fully saturated rings. The Balaban J connectivity index is 2.00. The Hall–Kier alpha value is -2.79. The molecule has 2 heterocycles. The van der Waals surface area contributed by atoms with E-state index in [0.717, 1.165) is 44.4 Å². The minimum atomic E-state index is 0.693. The largest absolute Gasteiger partial charge is 0.497 e. The maximum absolute atomic E-state index is 5.28. The van der Waals surface area contributed by atoms with Crippen molar-refractivity contribution >= 4 is 18.4 Å². The van der Waals surface area contributed by atoms with E-state index in [1.165, 1.54) is 0 Å². The second-order valence-electron chi connectivity index (χ2n) is 6.28. The molecule has 0 amide bonds. The monoisotopic (exact) mass is 361 g/mol. The molecule has 0 saturated heterocycles. The molecule has 0 radical (unpaired) electrons. The third-order valence-corrected chi connectivity index (χ3v) is 4.97. The smallest absolute Gasteiger partial charge is 0.235 e. The lowest BCUT2D eigenvalue weighted by Gasteiger charge is -2.08. The maximum Gasteiger partial charge on any atom is 0.235 e. The summed E-state index contributed by atoms with van der Waals surface area (Å²) in [6.45, 7) is 4.03. The van der Waals surface area contributed by atoms with Crippen LogP contribution in [0.3, 0.4) is 0 Å². The van der Waals surface area contributed by atoms with Gasteiger partial charge in [0.2, 0.25) is 5.78 Å². The summed E-state index contributed by atoms with van der Waals surface area (Å²) >= 11 is 4.50. The first-order chi connectivity index (χ1) is 12.6. The zero-order chi connectivity index (χ0) is 18.3. The van der Waals surface area contributed by atoms with Crippen LogP contribution in [0.25, 0.3) is 28.3 Å². The Morgan fingerprint density at radius 2 is 1.65 bits per heavy atom. The first-order valence-electron chi connectivity index (χ1n) is 8.37. The van der Waals surface area contributed by atoms with Crippen molar-refractivity contribution in [2.45, 2.75) is 18.7 Å². The fourth-order valence-corrected chi connectivity index (χ4v) is 3.19. The van der Waals surface area contributed by atoms with Gasteiger partial charge in [0.05, 0.1) is 18.5 Å². The SMILES string of the molecule is COc1ccc(-c2nc3nc(C)ccn3c2-c2ccc(S)c(C)c2)cc1. The highest BCUT2D eigenvalue weighted by atomic mass is 32.1. The molecule has 0 saturated carbocycles. The molecule has 26 heavy (non-hydrogen) atoms. The normalized spacial score (nSPS) is 11.1.